The van der Waals surface area contributed by atoms with Crippen molar-refractivity contribution in [3.8, 4) is 5.75 Å². The summed E-state index contributed by atoms with van der Waals surface area (Å²) < 4.78 is 91.0. The molecule has 1 atom stereocenters. The Hall–Kier alpha value is -3.57. The quantitative estimate of drug-likeness (QED) is 0.344. The molecule has 1 unspecified atom stereocenters. The number of benzene rings is 1. The number of ether oxygens (including phenoxy) is 2. The Morgan fingerprint density at radius 1 is 1.00 bits per heavy atom. The zero-order valence-electron chi connectivity index (χ0n) is 17.9. The predicted molar refractivity (Wildman–Crippen MR) is 107 cm³/mol. The molecule has 0 spiro atoms. The zero-order valence-corrected chi connectivity index (χ0v) is 17.9. The summed E-state index contributed by atoms with van der Waals surface area (Å²) >= 11 is 0. The minimum atomic E-state index is -4.86. The van der Waals surface area contributed by atoms with Crippen LogP contribution in [0.15, 0.2) is 48.5 Å². The zero-order chi connectivity index (χ0) is 25.1. The van der Waals surface area contributed by atoms with Gasteiger partial charge in [-0.05, 0) is 42.8 Å². The molecule has 0 N–H and O–H groups in total. The molecule has 2 aromatic heterocycles. The molecule has 3 rings (SSSR count). The van der Waals surface area contributed by atoms with Crippen LogP contribution in [-0.4, -0.2) is 34.5 Å². The summed E-state index contributed by atoms with van der Waals surface area (Å²) in [5.41, 5.74) is -2.82. The van der Waals surface area contributed by atoms with Crippen LogP contribution in [0.1, 0.15) is 41.2 Å². The highest BCUT2D eigenvalue weighted by Crippen LogP contribution is 2.35. The van der Waals surface area contributed by atoms with Gasteiger partial charge in [-0.1, -0.05) is 18.2 Å². The molecule has 0 radical (unpaired) electrons. The van der Waals surface area contributed by atoms with Gasteiger partial charge in [0.25, 0.3) is 0 Å². The van der Waals surface area contributed by atoms with E-state index in [2.05, 4.69) is 10.1 Å². The lowest BCUT2D eigenvalue weighted by atomic mass is 9.99. The fourth-order valence-corrected chi connectivity index (χ4v) is 3.22. The number of nitrogens with zero attached hydrogens (tertiary/aromatic N) is 3. The molecule has 182 valence electrons. The molecule has 12 heteroatoms. The minimum absolute atomic E-state index is 0.146. The lowest BCUT2D eigenvalue weighted by Crippen LogP contribution is -2.23. The summed E-state index contributed by atoms with van der Waals surface area (Å²) in [6.07, 6.45) is -9.68. The topological polar surface area (TPSA) is 66.2 Å². The van der Waals surface area contributed by atoms with Crippen LogP contribution in [0.2, 0.25) is 0 Å². The smallest absolute Gasteiger partial charge is 0.435 e. The normalized spacial score (nSPS) is 12.9. The second-order valence-corrected chi connectivity index (χ2v) is 7.09. The van der Waals surface area contributed by atoms with E-state index in [-0.39, 0.29) is 18.8 Å². The number of esters is 1. The molecule has 0 aliphatic carbocycles. The third-order valence-corrected chi connectivity index (χ3v) is 4.77. The lowest BCUT2D eigenvalue weighted by Gasteiger charge is -2.18. The monoisotopic (exact) mass is 487 g/mol. The summed E-state index contributed by atoms with van der Waals surface area (Å²) in [5.74, 6) is -2.22. The molecule has 34 heavy (non-hydrogen) atoms. The van der Waals surface area contributed by atoms with Gasteiger partial charge in [0.1, 0.15) is 17.4 Å². The average molecular weight is 487 g/mol. The molecule has 6 nitrogen and oxygen atoms in total. The predicted octanol–water partition coefficient (Wildman–Crippen LogP) is 5.07. The SMILES string of the molecule is CCOC(=O)C(c1cccc(C(F)(F)F)n1)c1cc(C(F)(F)F)nn1Cc1ccc(OC)cc1. The summed E-state index contributed by atoms with van der Waals surface area (Å²) in [6, 6.07) is 9.79. The molecular weight excluding hydrogens is 468 g/mol. The van der Waals surface area contributed by atoms with Crippen LogP contribution in [-0.2, 0) is 28.4 Å². The van der Waals surface area contributed by atoms with E-state index < -0.39 is 41.3 Å². The highest BCUT2D eigenvalue weighted by molar-refractivity contribution is 5.81. The third kappa shape index (κ3) is 5.67. The van der Waals surface area contributed by atoms with Crippen LogP contribution < -0.4 is 4.74 Å². The van der Waals surface area contributed by atoms with Gasteiger partial charge in [-0.2, -0.15) is 31.4 Å². The van der Waals surface area contributed by atoms with Gasteiger partial charge in [0, 0.05) is 0 Å². The Morgan fingerprint density at radius 3 is 2.21 bits per heavy atom. The lowest BCUT2D eigenvalue weighted by molar-refractivity contribution is -0.145. The van der Waals surface area contributed by atoms with Crippen molar-refractivity contribution < 1.29 is 40.6 Å². The number of carbonyl (C=O) groups is 1. The van der Waals surface area contributed by atoms with Crippen LogP contribution in [0.4, 0.5) is 26.3 Å². The molecule has 0 aliphatic rings. The van der Waals surface area contributed by atoms with E-state index in [1.165, 1.54) is 14.0 Å². The Bertz CT molecular complexity index is 1140. The van der Waals surface area contributed by atoms with E-state index in [4.69, 9.17) is 9.47 Å². The van der Waals surface area contributed by atoms with Crippen molar-refractivity contribution in [1.82, 2.24) is 14.8 Å². The van der Waals surface area contributed by atoms with Crippen LogP contribution in [0.25, 0.3) is 0 Å². The van der Waals surface area contributed by atoms with Crippen molar-refractivity contribution in [2.75, 3.05) is 13.7 Å². The highest BCUT2D eigenvalue weighted by atomic mass is 19.4. The Labute approximate surface area is 190 Å². The van der Waals surface area contributed by atoms with Gasteiger partial charge in [0.15, 0.2) is 5.69 Å². The van der Waals surface area contributed by atoms with Gasteiger partial charge in [0.05, 0.1) is 31.6 Å². The van der Waals surface area contributed by atoms with Gasteiger partial charge in [-0.15, -0.1) is 0 Å². The first-order valence-electron chi connectivity index (χ1n) is 9.92. The third-order valence-electron chi connectivity index (χ3n) is 4.77. The summed E-state index contributed by atoms with van der Waals surface area (Å²) in [4.78, 5) is 16.3. The standard InChI is InChI=1S/C22H19F6N3O3/c1-3-34-20(32)19(15-5-4-6-17(29-15)21(23,24)25)16-11-18(22(26,27)28)30-31(16)12-13-7-9-14(33-2)10-8-13/h4-11,19H,3,12H2,1-2H3. The van der Waals surface area contributed by atoms with Gasteiger partial charge in [-0.3, -0.25) is 9.48 Å². The fourth-order valence-electron chi connectivity index (χ4n) is 3.22. The van der Waals surface area contributed by atoms with Gasteiger partial charge in [-0.25, -0.2) is 4.98 Å². The van der Waals surface area contributed by atoms with Gasteiger partial charge < -0.3 is 9.47 Å². The molecular formula is C22H19F6N3O3. The first kappa shape index (κ1) is 25.1. The number of hydrogen-bond acceptors (Lipinski definition) is 5. The van der Waals surface area contributed by atoms with Crippen LogP contribution >= 0.6 is 0 Å². The number of pyridine rings is 1. The van der Waals surface area contributed by atoms with Crippen molar-refractivity contribution >= 4 is 5.97 Å². The summed E-state index contributed by atoms with van der Waals surface area (Å²) in [5, 5.41) is 3.58. The van der Waals surface area contributed by atoms with Crippen molar-refractivity contribution in [1.29, 1.82) is 0 Å². The Kier molecular flexibility index (Phi) is 7.18. The number of carbonyl (C=O) groups excluding carboxylic acids is 1. The number of methoxy groups -OCH3 is 1. The van der Waals surface area contributed by atoms with Crippen molar-refractivity contribution in [2.24, 2.45) is 0 Å². The van der Waals surface area contributed by atoms with E-state index in [9.17, 15) is 31.1 Å². The summed E-state index contributed by atoms with van der Waals surface area (Å²) in [6.45, 7) is 1.11. The summed E-state index contributed by atoms with van der Waals surface area (Å²) in [7, 11) is 1.45. The van der Waals surface area contributed by atoms with E-state index in [0.29, 0.717) is 23.4 Å². The Morgan fingerprint density at radius 2 is 1.65 bits per heavy atom. The van der Waals surface area contributed by atoms with Gasteiger partial charge >= 0.3 is 18.3 Å². The van der Waals surface area contributed by atoms with Gasteiger partial charge in [0.2, 0.25) is 0 Å². The second-order valence-electron chi connectivity index (χ2n) is 7.09. The van der Waals surface area contributed by atoms with Crippen LogP contribution in [0, 0.1) is 0 Å². The Balaban J connectivity index is 2.15. The van der Waals surface area contributed by atoms with E-state index in [1.807, 2.05) is 0 Å². The fraction of sp³-hybridized carbons (Fsp3) is 0.318. The first-order chi connectivity index (χ1) is 15.9. The van der Waals surface area contributed by atoms with Crippen LogP contribution in [0.5, 0.6) is 5.75 Å². The molecule has 3 aromatic rings. The molecule has 0 amide bonds. The van der Waals surface area contributed by atoms with Crippen LogP contribution in [0.3, 0.4) is 0 Å². The number of alkyl halides is 6. The van der Waals surface area contributed by atoms with E-state index >= 15 is 0 Å². The molecule has 0 saturated heterocycles. The number of rotatable bonds is 7. The molecule has 0 saturated carbocycles. The number of halogens is 6. The maximum absolute atomic E-state index is 13.5. The molecule has 2 heterocycles. The largest absolute Gasteiger partial charge is 0.497 e. The average Bonchev–Trinajstić information content (AvgIpc) is 3.18. The number of aromatic nitrogens is 3. The number of hydrogen-bond donors (Lipinski definition) is 0. The van der Waals surface area contributed by atoms with E-state index in [1.54, 1.807) is 24.3 Å². The maximum Gasteiger partial charge on any atom is 0.435 e. The second kappa shape index (κ2) is 9.74. The molecule has 0 bridgehead atoms. The molecule has 0 aliphatic heterocycles. The molecule has 1 aromatic carbocycles. The minimum Gasteiger partial charge on any atom is -0.497 e. The van der Waals surface area contributed by atoms with E-state index in [0.717, 1.165) is 16.8 Å². The van der Waals surface area contributed by atoms with Crippen molar-refractivity contribution in [2.45, 2.75) is 31.7 Å². The highest BCUT2D eigenvalue weighted by Gasteiger charge is 2.39. The first-order valence-corrected chi connectivity index (χ1v) is 9.92. The van der Waals surface area contributed by atoms with Crippen molar-refractivity contribution in [3.63, 3.8) is 0 Å². The molecule has 0 fully saturated rings. The van der Waals surface area contributed by atoms with Crippen molar-refractivity contribution in [3.05, 3.63) is 76.9 Å². The maximum atomic E-state index is 13.5.